The minimum atomic E-state index is -4.39. The number of guanidine groups is 1. The first-order chi connectivity index (χ1) is 12.3. The van der Waals surface area contributed by atoms with Crippen LogP contribution in [0.5, 0.6) is 5.75 Å². The molecule has 0 spiro atoms. The van der Waals surface area contributed by atoms with E-state index in [4.69, 9.17) is 10.5 Å². The lowest BCUT2D eigenvalue weighted by Crippen LogP contribution is -2.46. The minimum absolute atomic E-state index is 0.135. The summed E-state index contributed by atoms with van der Waals surface area (Å²) in [6, 6.07) is 9.80. The second kappa shape index (κ2) is 5.93. The molecule has 0 saturated carbocycles. The number of hydrogen-bond acceptors (Lipinski definition) is 4. The van der Waals surface area contributed by atoms with Crippen molar-refractivity contribution in [1.29, 1.82) is 0 Å². The summed E-state index contributed by atoms with van der Waals surface area (Å²) in [6.45, 7) is 0.457. The number of fused-ring (bicyclic) bond motifs is 2. The number of hydrogen-bond donors (Lipinski definition) is 1. The van der Waals surface area contributed by atoms with Crippen molar-refractivity contribution in [2.45, 2.75) is 31.6 Å². The average Bonchev–Trinajstić information content (AvgIpc) is 3.02. The van der Waals surface area contributed by atoms with Crippen LogP contribution in [0.25, 0.3) is 0 Å². The molecule has 0 bridgehead atoms. The predicted molar refractivity (Wildman–Crippen MR) is 92.5 cm³/mol. The van der Waals surface area contributed by atoms with Crippen molar-refractivity contribution in [3.8, 4) is 5.75 Å². The Kier molecular flexibility index (Phi) is 3.82. The molecule has 0 saturated heterocycles. The monoisotopic (exact) mass is 361 g/mol. The van der Waals surface area contributed by atoms with Crippen LogP contribution >= 0.6 is 0 Å². The van der Waals surface area contributed by atoms with E-state index < -0.39 is 11.7 Å². The molecule has 136 valence electrons. The molecule has 0 amide bonds. The van der Waals surface area contributed by atoms with Gasteiger partial charge in [0.2, 0.25) is 0 Å². The van der Waals surface area contributed by atoms with Crippen molar-refractivity contribution in [2.75, 3.05) is 7.11 Å². The van der Waals surface area contributed by atoms with Crippen LogP contribution in [0.4, 0.5) is 18.9 Å². The predicted octanol–water partition coefficient (Wildman–Crippen LogP) is 3.64. The number of methoxy groups -OCH3 is 1. The molecular formula is C19H18F3N3O. The number of alkyl halides is 3. The molecule has 1 atom stereocenters. The average molecular weight is 361 g/mol. The van der Waals surface area contributed by atoms with Crippen LogP contribution in [0, 0.1) is 0 Å². The molecule has 2 N–H and O–H groups in total. The summed E-state index contributed by atoms with van der Waals surface area (Å²) in [4.78, 5) is 6.21. The largest absolute Gasteiger partial charge is 0.497 e. The molecule has 26 heavy (non-hydrogen) atoms. The molecule has 0 radical (unpaired) electrons. The van der Waals surface area contributed by atoms with Gasteiger partial charge < -0.3 is 15.4 Å². The summed E-state index contributed by atoms with van der Waals surface area (Å²) in [5.74, 6) is 1.08. The molecule has 1 heterocycles. The molecule has 2 aliphatic rings. The van der Waals surface area contributed by atoms with E-state index in [2.05, 4.69) is 11.1 Å². The van der Waals surface area contributed by atoms with Crippen LogP contribution in [0.2, 0.25) is 0 Å². The van der Waals surface area contributed by atoms with Gasteiger partial charge in [-0.15, -0.1) is 0 Å². The lowest BCUT2D eigenvalue weighted by molar-refractivity contribution is -0.137. The van der Waals surface area contributed by atoms with Gasteiger partial charge >= 0.3 is 6.18 Å². The zero-order chi connectivity index (χ0) is 18.5. The Morgan fingerprint density at radius 1 is 1.08 bits per heavy atom. The summed E-state index contributed by atoms with van der Waals surface area (Å²) in [7, 11) is 1.63. The fourth-order valence-electron chi connectivity index (χ4n) is 3.66. The van der Waals surface area contributed by atoms with Gasteiger partial charge in [0.05, 0.1) is 18.4 Å². The first kappa shape index (κ1) is 16.8. The molecule has 4 nitrogen and oxygen atoms in total. The molecule has 0 aromatic heterocycles. The summed E-state index contributed by atoms with van der Waals surface area (Å²) in [5, 5.41) is 0. The van der Waals surface area contributed by atoms with E-state index in [1.54, 1.807) is 7.11 Å². The fraction of sp³-hybridized carbons (Fsp3) is 0.316. The van der Waals surface area contributed by atoms with Crippen LogP contribution in [0.3, 0.4) is 0 Å². The van der Waals surface area contributed by atoms with Gasteiger partial charge in [-0.3, -0.25) is 0 Å². The van der Waals surface area contributed by atoms with E-state index in [9.17, 15) is 13.2 Å². The van der Waals surface area contributed by atoms with Gasteiger partial charge in [-0.05, 0) is 53.8 Å². The molecule has 4 rings (SSSR count). The number of rotatable bonds is 2. The first-order valence-electron chi connectivity index (χ1n) is 8.32. The smallest absolute Gasteiger partial charge is 0.416 e. The zero-order valence-electron chi connectivity index (χ0n) is 14.2. The van der Waals surface area contributed by atoms with Gasteiger partial charge in [-0.25, -0.2) is 4.99 Å². The maximum absolute atomic E-state index is 12.9. The highest BCUT2D eigenvalue weighted by Gasteiger charge is 2.34. The molecule has 1 aliphatic carbocycles. The van der Waals surface area contributed by atoms with Gasteiger partial charge in [0, 0.05) is 12.6 Å². The van der Waals surface area contributed by atoms with E-state index in [1.807, 2.05) is 17.0 Å². The summed E-state index contributed by atoms with van der Waals surface area (Å²) < 4.78 is 43.9. The van der Waals surface area contributed by atoms with Gasteiger partial charge in [-0.2, -0.15) is 13.2 Å². The third-order valence-corrected chi connectivity index (χ3v) is 5.05. The van der Waals surface area contributed by atoms with E-state index in [1.165, 1.54) is 17.2 Å². The topological polar surface area (TPSA) is 50.8 Å². The molecule has 1 aliphatic heterocycles. The van der Waals surface area contributed by atoms with Gasteiger partial charge in [-0.1, -0.05) is 12.1 Å². The van der Waals surface area contributed by atoms with Crippen LogP contribution in [-0.4, -0.2) is 24.0 Å². The van der Waals surface area contributed by atoms with Crippen molar-refractivity contribution < 1.29 is 17.9 Å². The number of halogens is 3. The Morgan fingerprint density at radius 3 is 2.54 bits per heavy atom. The molecule has 0 fully saturated rings. The lowest BCUT2D eigenvalue weighted by atomic mass is 10.0. The van der Waals surface area contributed by atoms with E-state index in [-0.39, 0.29) is 12.0 Å². The Labute approximate surface area is 149 Å². The molecule has 2 aromatic carbocycles. The number of nitrogens with two attached hydrogens (primary N) is 1. The van der Waals surface area contributed by atoms with Crippen LogP contribution < -0.4 is 10.5 Å². The Balaban J connectivity index is 1.59. The van der Waals surface area contributed by atoms with E-state index in [0.29, 0.717) is 12.2 Å². The summed E-state index contributed by atoms with van der Waals surface area (Å²) >= 11 is 0. The molecule has 2 aromatic rings. The molecule has 7 heteroatoms. The van der Waals surface area contributed by atoms with Gasteiger partial charge in [0.15, 0.2) is 5.96 Å². The van der Waals surface area contributed by atoms with E-state index >= 15 is 0 Å². The van der Waals surface area contributed by atoms with Crippen LogP contribution in [-0.2, 0) is 25.6 Å². The Bertz CT molecular complexity index is 892. The third kappa shape index (κ3) is 2.87. The van der Waals surface area contributed by atoms with Gasteiger partial charge in [0.1, 0.15) is 5.75 Å². The van der Waals surface area contributed by atoms with E-state index in [0.717, 1.165) is 36.3 Å². The van der Waals surface area contributed by atoms with Crippen molar-refractivity contribution in [3.63, 3.8) is 0 Å². The highest BCUT2D eigenvalue weighted by molar-refractivity contribution is 5.84. The summed E-state index contributed by atoms with van der Waals surface area (Å²) in [6.07, 6.45) is -2.76. The Hall–Kier alpha value is -2.70. The molecular weight excluding hydrogens is 343 g/mol. The van der Waals surface area contributed by atoms with Crippen molar-refractivity contribution in [3.05, 3.63) is 58.7 Å². The standard InChI is InChI=1S/C19H18F3N3O/c1-26-16-5-3-11-6-15(7-13(11)8-16)25-10-12-2-4-14(19(20,21)22)9-17(12)24-18(25)23/h2-5,8-9,15H,6-7,10H2,1H3,(H2,23,24)/t15-/m0/s1. The van der Waals surface area contributed by atoms with Crippen LogP contribution in [0.1, 0.15) is 22.3 Å². The number of ether oxygens (including phenoxy) is 1. The van der Waals surface area contributed by atoms with Crippen LogP contribution in [0.15, 0.2) is 41.4 Å². The number of benzene rings is 2. The van der Waals surface area contributed by atoms with Crippen molar-refractivity contribution >= 4 is 11.6 Å². The summed E-state index contributed by atoms with van der Waals surface area (Å²) in [5.41, 5.74) is 8.88. The van der Waals surface area contributed by atoms with Crippen molar-refractivity contribution in [1.82, 2.24) is 4.90 Å². The first-order valence-corrected chi connectivity index (χ1v) is 8.32. The zero-order valence-corrected chi connectivity index (χ0v) is 14.2. The molecule has 0 unspecified atom stereocenters. The number of aliphatic imine (C=N–C) groups is 1. The second-order valence-corrected chi connectivity index (χ2v) is 6.64. The maximum atomic E-state index is 12.9. The quantitative estimate of drug-likeness (QED) is 0.888. The normalized spacial score (nSPS) is 19.0. The van der Waals surface area contributed by atoms with Gasteiger partial charge in [0.25, 0.3) is 0 Å². The lowest BCUT2D eigenvalue weighted by Gasteiger charge is -2.33. The highest BCUT2D eigenvalue weighted by Crippen LogP contribution is 2.37. The maximum Gasteiger partial charge on any atom is 0.416 e. The fourth-order valence-corrected chi connectivity index (χ4v) is 3.66. The third-order valence-electron chi connectivity index (χ3n) is 5.05. The minimum Gasteiger partial charge on any atom is -0.497 e. The number of nitrogens with zero attached hydrogens (tertiary/aromatic N) is 2. The second-order valence-electron chi connectivity index (χ2n) is 6.64. The highest BCUT2D eigenvalue weighted by atomic mass is 19.4. The van der Waals surface area contributed by atoms with Crippen molar-refractivity contribution in [2.24, 2.45) is 10.7 Å². The SMILES string of the molecule is COc1ccc2c(c1)C[C@@H](N1Cc3ccc(C(F)(F)F)cc3N=C1N)C2. The Morgan fingerprint density at radius 2 is 1.81 bits per heavy atom.